The van der Waals surface area contributed by atoms with Crippen molar-refractivity contribution in [1.82, 2.24) is 15.5 Å². The quantitative estimate of drug-likeness (QED) is 0.901. The fourth-order valence-corrected chi connectivity index (χ4v) is 1.82. The van der Waals surface area contributed by atoms with Gasteiger partial charge in [0.25, 0.3) is 0 Å². The Kier molecular flexibility index (Phi) is 2.83. The lowest BCUT2D eigenvalue weighted by molar-refractivity contribution is 0.476. The van der Waals surface area contributed by atoms with Crippen LogP contribution in [0.15, 0.2) is 22.6 Å². The average molecular weight is 247 g/mol. The fraction of sp³-hybridized carbons (Fsp3) is 0.385. The molecule has 94 valence electrons. The van der Waals surface area contributed by atoms with Crippen molar-refractivity contribution < 1.29 is 8.81 Å². The van der Waals surface area contributed by atoms with Crippen molar-refractivity contribution in [2.75, 3.05) is 0 Å². The smallest absolute Gasteiger partial charge is 0.247 e. The summed E-state index contributed by atoms with van der Waals surface area (Å²) >= 11 is 0. The molecule has 0 amide bonds. The molecule has 1 N–H and O–H groups in total. The fourth-order valence-electron chi connectivity index (χ4n) is 1.82. The van der Waals surface area contributed by atoms with E-state index in [1.165, 1.54) is 25.0 Å². The second-order valence-corrected chi connectivity index (χ2v) is 4.67. The minimum Gasteiger partial charge on any atom is -0.419 e. The minimum atomic E-state index is -0.291. The standard InChI is InChI=1S/C13H14FN3O/c1-8-4-9(6-10(14)5-8)13-17-16-12(18-13)7-15-11-2-3-11/h4-6,11,15H,2-3,7H2,1H3. The number of hydrogen-bond donors (Lipinski definition) is 1. The van der Waals surface area contributed by atoms with Crippen molar-refractivity contribution in [1.29, 1.82) is 0 Å². The van der Waals surface area contributed by atoms with Crippen LogP contribution in [0.4, 0.5) is 4.39 Å². The third-order valence-electron chi connectivity index (χ3n) is 2.88. The molecule has 0 unspecified atom stereocenters. The van der Waals surface area contributed by atoms with Crippen molar-refractivity contribution in [3.8, 4) is 11.5 Å². The van der Waals surface area contributed by atoms with Crippen LogP contribution in [-0.4, -0.2) is 16.2 Å². The van der Waals surface area contributed by atoms with Crippen LogP contribution in [0, 0.1) is 12.7 Å². The first-order valence-electron chi connectivity index (χ1n) is 6.04. The summed E-state index contributed by atoms with van der Waals surface area (Å²) in [6.45, 7) is 2.41. The number of nitrogens with zero attached hydrogens (tertiary/aromatic N) is 2. The Balaban J connectivity index is 1.78. The summed E-state index contributed by atoms with van der Waals surface area (Å²) in [6, 6.07) is 5.29. The molecule has 1 saturated carbocycles. The maximum atomic E-state index is 13.3. The summed E-state index contributed by atoms with van der Waals surface area (Å²) in [4.78, 5) is 0. The van der Waals surface area contributed by atoms with Crippen LogP contribution in [0.3, 0.4) is 0 Å². The molecule has 1 heterocycles. The molecule has 0 saturated heterocycles. The second kappa shape index (κ2) is 4.49. The van der Waals surface area contributed by atoms with Gasteiger partial charge in [-0.15, -0.1) is 10.2 Å². The predicted octanol–water partition coefficient (Wildman–Crippen LogP) is 2.44. The van der Waals surface area contributed by atoms with Gasteiger partial charge in [0.1, 0.15) is 5.82 Å². The molecular weight excluding hydrogens is 233 g/mol. The number of aryl methyl sites for hydroxylation is 1. The Hall–Kier alpha value is -1.75. The molecule has 2 aromatic rings. The molecule has 1 aromatic heterocycles. The Morgan fingerprint density at radius 3 is 2.89 bits per heavy atom. The number of hydrogen-bond acceptors (Lipinski definition) is 4. The first-order chi connectivity index (χ1) is 8.70. The highest BCUT2D eigenvalue weighted by Gasteiger charge is 2.21. The predicted molar refractivity (Wildman–Crippen MR) is 64.3 cm³/mol. The molecule has 1 aromatic carbocycles. The topological polar surface area (TPSA) is 51.0 Å². The van der Waals surface area contributed by atoms with E-state index in [0.717, 1.165) is 5.56 Å². The largest absolute Gasteiger partial charge is 0.419 e. The van der Waals surface area contributed by atoms with Gasteiger partial charge in [-0.05, 0) is 43.5 Å². The summed E-state index contributed by atoms with van der Waals surface area (Å²) in [5, 5.41) is 11.2. The van der Waals surface area contributed by atoms with Gasteiger partial charge in [-0.3, -0.25) is 0 Å². The van der Waals surface area contributed by atoms with Crippen LogP contribution in [0.25, 0.3) is 11.5 Å². The van der Waals surface area contributed by atoms with Gasteiger partial charge >= 0.3 is 0 Å². The number of rotatable bonds is 4. The lowest BCUT2D eigenvalue weighted by atomic mass is 10.1. The monoisotopic (exact) mass is 247 g/mol. The average Bonchev–Trinajstić information content (AvgIpc) is 3.02. The maximum absolute atomic E-state index is 13.3. The van der Waals surface area contributed by atoms with Gasteiger partial charge in [-0.25, -0.2) is 4.39 Å². The molecule has 4 nitrogen and oxygen atoms in total. The van der Waals surface area contributed by atoms with Crippen molar-refractivity contribution in [2.24, 2.45) is 0 Å². The molecule has 1 aliphatic rings. The molecule has 0 aliphatic heterocycles. The number of benzene rings is 1. The zero-order chi connectivity index (χ0) is 12.5. The summed E-state index contributed by atoms with van der Waals surface area (Å²) in [5.41, 5.74) is 1.46. The molecule has 5 heteroatoms. The van der Waals surface area contributed by atoms with E-state index in [2.05, 4.69) is 15.5 Å². The second-order valence-electron chi connectivity index (χ2n) is 4.67. The van der Waals surface area contributed by atoms with Crippen molar-refractivity contribution in [3.05, 3.63) is 35.5 Å². The zero-order valence-electron chi connectivity index (χ0n) is 10.1. The van der Waals surface area contributed by atoms with Crippen LogP contribution in [0.5, 0.6) is 0 Å². The highest BCUT2D eigenvalue weighted by Crippen LogP contribution is 2.22. The van der Waals surface area contributed by atoms with Crippen LogP contribution in [0.2, 0.25) is 0 Å². The Morgan fingerprint density at radius 2 is 2.17 bits per heavy atom. The Bertz CT molecular complexity index is 543. The van der Waals surface area contributed by atoms with Gasteiger partial charge in [0.2, 0.25) is 11.8 Å². The van der Waals surface area contributed by atoms with E-state index in [9.17, 15) is 4.39 Å². The molecule has 1 aliphatic carbocycles. The zero-order valence-corrected chi connectivity index (χ0v) is 10.1. The van der Waals surface area contributed by atoms with E-state index in [1.807, 2.05) is 13.0 Å². The number of halogens is 1. The molecule has 0 radical (unpaired) electrons. The molecular formula is C13H14FN3O. The van der Waals surface area contributed by atoms with Crippen LogP contribution < -0.4 is 5.32 Å². The Labute approximate surface area is 104 Å². The number of aromatic nitrogens is 2. The van der Waals surface area contributed by atoms with Crippen molar-refractivity contribution in [2.45, 2.75) is 32.4 Å². The third kappa shape index (κ3) is 2.56. The molecule has 0 atom stereocenters. The third-order valence-corrected chi connectivity index (χ3v) is 2.88. The van der Waals surface area contributed by atoms with E-state index >= 15 is 0 Å². The van der Waals surface area contributed by atoms with E-state index in [-0.39, 0.29) is 5.82 Å². The summed E-state index contributed by atoms with van der Waals surface area (Å²) in [5.74, 6) is 0.616. The maximum Gasteiger partial charge on any atom is 0.247 e. The summed E-state index contributed by atoms with van der Waals surface area (Å²) in [7, 11) is 0. The van der Waals surface area contributed by atoms with Crippen LogP contribution in [-0.2, 0) is 6.54 Å². The molecule has 0 spiro atoms. The van der Waals surface area contributed by atoms with Gasteiger partial charge < -0.3 is 9.73 Å². The van der Waals surface area contributed by atoms with E-state index in [4.69, 9.17) is 4.42 Å². The van der Waals surface area contributed by atoms with E-state index in [1.54, 1.807) is 0 Å². The summed E-state index contributed by atoms with van der Waals surface area (Å²) in [6.07, 6.45) is 2.42. The summed E-state index contributed by atoms with van der Waals surface area (Å²) < 4.78 is 18.8. The highest BCUT2D eigenvalue weighted by atomic mass is 19.1. The highest BCUT2D eigenvalue weighted by molar-refractivity contribution is 5.53. The first-order valence-corrected chi connectivity index (χ1v) is 6.04. The lowest BCUT2D eigenvalue weighted by Gasteiger charge is -1.98. The van der Waals surface area contributed by atoms with Gasteiger partial charge in [0, 0.05) is 11.6 Å². The van der Waals surface area contributed by atoms with Gasteiger partial charge in [-0.2, -0.15) is 0 Å². The molecule has 3 rings (SSSR count). The normalized spacial score (nSPS) is 15.0. The lowest BCUT2D eigenvalue weighted by Crippen LogP contribution is -2.15. The van der Waals surface area contributed by atoms with Crippen molar-refractivity contribution >= 4 is 0 Å². The first kappa shape index (κ1) is 11.3. The van der Waals surface area contributed by atoms with Crippen molar-refractivity contribution in [3.63, 3.8) is 0 Å². The number of nitrogens with one attached hydrogen (secondary N) is 1. The van der Waals surface area contributed by atoms with E-state index < -0.39 is 0 Å². The van der Waals surface area contributed by atoms with Gasteiger partial charge in [0.05, 0.1) is 6.54 Å². The van der Waals surface area contributed by atoms with Crippen LogP contribution >= 0.6 is 0 Å². The minimum absolute atomic E-state index is 0.291. The van der Waals surface area contributed by atoms with Gasteiger partial charge in [0.15, 0.2) is 0 Å². The Morgan fingerprint density at radius 1 is 1.33 bits per heavy atom. The van der Waals surface area contributed by atoms with Gasteiger partial charge in [-0.1, -0.05) is 0 Å². The molecule has 18 heavy (non-hydrogen) atoms. The molecule has 1 fully saturated rings. The van der Waals surface area contributed by atoms with Crippen LogP contribution in [0.1, 0.15) is 24.3 Å². The molecule has 0 bridgehead atoms. The van der Waals surface area contributed by atoms with E-state index in [0.29, 0.717) is 29.9 Å². The SMILES string of the molecule is Cc1cc(F)cc(-c2nnc(CNC3CC3)o2)c1.